The summed E-state index contributed by atoms with van der Waals surface area (Å²) >= 11 is 0. The molecule has 1 aliphatic carbocycles. The molecule has 0 aliphatic heterocycles. The molecule has 2 amide bonds. The van der Waals surface area contributed by atoms with Gasteiger partial charge in [0, 0.05) is 12.1 Å². The molecule has 3 rings (SSSR count). The Balaban J connectivity index is 1.67. The maximum atomic E-state index is 13.3. The molecule has 0 aromatic heterocycles. The first-order chi connectivity index (χ1) is 17.5. The van der Waals surface area contributed by atoms with Gasteiger partial charge in [-0.15, -0.1) is 0 Å². The Hall–Kier alpha value is -3.12. The van der Waals surface area contributed by atoms with Crippen LogP contribution in [0.15, 0.2) is 54.6 Å². The van der Waals surface area contributed by atoms with Crippen LogP contribution in [0.3, 0.4) is 0 Å². The van der Waals surface area contributed by atoms with Gasteiger partial charge in [-0.05, 0) is 67.5 Å². The first kappa shape index (κ1) is 27.5. The van der Waals surface area contributed by atoms with E-state index in [-0.39, 0.29) is 23.9 Å². The van der Waals surface area contributed by atoms with Crippen LogP contribution >= 0.6 is 0 Å². The van der Waals surface area contributed by atoms with Gasteiger partial charge in [-0.2, -0.15) is 0 Å². The number of para-hydroxylation sites is 2. The van der Waals surface area contributed by atoms with Gasteiger partial charge in [-0.1, -0.05) is 75.9 Å². The van der Waals surface area contributed by atoms with Crippen LogP contribution in [0.25, 0.3) is 6.08 Å². The second-order valence-electron chi connectivity index (χ2n) is 9.82. The summed E-state index contributed by atoms with van der Waals surface area (Å²) in [6, 6.07) is 14.8. The molecule has 0 saturated heterocycles. The zero-order chi connectivity index (χ0) is 25.8. The van der Waals surface area contributed by atoms with Crippen molar-refractivity contribution in [1.82, 2.24) is 10.6 Å². The standard InChI is InChI=1S/C30H42N4O2/c1-3-10-25(4-2)33-30(36)29(32-21-23-11-6-5-7-12-23)24-18-15-22(16-19-24)17-20-28(35)34-27-14-9-8-13-26(27)31/h8-9,13-20,23,25,29,32H,3-7,10-12,21,31H2,1-2H3,(H,33,36)(H,34,35)/b20-17+. The van der Waals surface area contributed by atoms with E-state index >= 15 is 0 Å². The van der Waals surface area contributed by atoms with Gasteiger partial charge in [-0.3, -0.25) is 9.59 Å². The first-order valence-corrected chi connectivity index (χ1v) is 13.5. The highest BCUT2D eigenvalue weighted by Gasteiger charge is 2.24. The van der Waals surface area contributed by atoms with E-state index in [1.165, 1.54) is 38.2 Å². The molecule has 1 aliphatic rings. The second kappa shape index (κ2) is 14.4. The van der Waals surface area contributed by atoms with E-state index in [0.717, 1.165) is 36.9 Å². The topological polar surface area (TPSA) is 96.2 Å². The van der Waals surface area contributed by atoms with E-state index in [1.54, 1.807) is 18.2 Å². The van der Waals surface area contributed by atoms with Gasteiger partial charge < -0.3 is 21.7 Å². The number of carbonyl (C=O) groups is 2. The van der Waals surface area contributed by atoms with Crippen molar-refractivity contribution in [2.75, 3.05) is 17.6 Å². The van der Waals surface area contributed by atoms with Gasteiger partial charge in [0.15, 0.2) is 0 Å². The summed E-state index contributed by atoms with van der Waals surface area (Å²) in [5, 5.41) is 9.62. The number of nitrogen functional groups attached to an aromatic ring is 1. The van der Waals surface area contributed by atoms with E-state index in [0.29, 0.717) is 17.3 Å². The molecule has 1 saturated carbocycles. The molecule has 5 N–H and O–H groups in total. The maximum Gasteiger partial charge on any atom is 0.248 e. The van der Waals surface area contributed by atoms with Crippen molar-refractivity contribution in [3.05, 3.63) is 65.7 Å². The fourth-order valence-electron chi connectivity index (χ4n) is 4.81. The number of benzene rings is 2. The van der Waals surface area contributed by atoms with Crippen LogP contribution in [-0.2, 0) is 9.59 Å². The Morgan fingerprint density at radius 1 is 1.03 bits per heavy atom. The van der Waals surface area contributed by atoms with Crippen LogP contribution in [0.4, 0.5) is 11.4 Å². The molecule has 0 bridgehead atoms. The zero-order valence-electron chi connectivity index (χ0n) is 21.8. The van der Waals surface area contributed by atoms with Crippen molar-refractivity contribution in [3.8, 4) is 0 Å². The predicted molar refractivity (Wildman–Crippen MR) is 149 cm³/mol. The Morgan fingerprint density at radius 2 is 1.75 bits per heavy atom. The Morgan fingerprint density at radius 3 is 2.42 bits per heavy atom. The molecule has 2 atom stereocenters. The number of amides is 2. The maximum absolute atomic E-state index is 13.3. The van der Waals surface area contributed by atoms with E-state index < -0.39 is 0 Å². The normalized spacial score (nSPS) is 15.9. The monoisotopic (exact) mass is 490 g/mol. The zero-order valence-corrected chi connectivity index (χ0v) is 21.8. The lowest BCUT2D eigenvalue weighted by atomic mass is 9.89. The van der Waals surface area contributed by atoms with Gasteiger partial charge in [0.05, 0.1) is 11.4 Å². The number of hydrogen-bond acceptors (Lipinski definition) is 4. The molecule has 6 heteroatoms. The highest BCUT2D eigenvalue weighted by Crippen LogP contribution is 2.24. The SMILES string of the molecule is CCCC(CC)NC(=O)C(NCC1CCCCC1)c1ccc(/C=C/C(=O)Nc2ccccc2N)cc1. The number of anilines is 2. The van der Waals surface area contributed by atoms with Crippen molar-refractivity contribution in [2.45, 2.75) is 77.3 Å². The lowest BCUT2D eigenvalue weighted by Gasteiger charge is -2.27. The van der Waals surface area contributed by atoms with E-state index in [9.17, 15) is 9.59 Å². The molecular weight excluding hydrogens is 448 g/mol. The number of hydrogen-bond donors (Lipinski definition) is 4. The highest BCUT2D eigenvalue weighted by atomic mass is 16.2. The van der Waals surface area contributed by atoms with Gasteiger partial charge in [-0.25, -0.2) is 0 Å². The third-order valence-electron chi connectivity index (χ3n) is 6.99. The average molecular weight is 491 g/mol. The molecule has 36 heavy (non-hydrogen) atoms. The smallest absolute Gasteiger partial charge is 0.248 e. The highest BCUT2D eigenvalue weighted by molar-refractivity contribution is 6.03. The van der Waals surface area contributed by atoms with Crippen LogP contribution in [0.2, 0.25) is 0 Å². The molecule has 0 radical (unpaired) electrons. The lowest BCUT2D eigenvalue weighted by molar-refractivity contribution is -0.124. The van der Waals surface area contributed by atoms with Gasteiger partial charge in [0.1, 0.15) is 6.04 Å². The van der Waals surface area contributed by atoms with Crippen LogP contribution < -0.4 is 21.7 Å². The molecule has 6 nitrogen and oxygen atoms in total. The molecule has 2 aromatic rings. The van der Waals surface area contributed by atoms with Gasteiger partial charge in [0.25, 0.3) is 0 Å². The number of nitrogens with two attached hydrogens (primary N) is 1. The number of rotatable bonds is 12. The number of carbonyl (C=O) groups excluding carboxylic acids is 2. The number of nitrogens with one attached hydrogen (secondary N) is 3. The van der Waals surface area contributed by atoms with Crippen molar-refractivity contribution in [3.63, 3.8) is 0 Å². The molecule has 2 unspecified atom stereocenters. The van der Waals surface area contributed by atoms with Crippen molar-refractivity contribution >= 4 is 29.3 Å². The fourth-order valence-corrected chi connectivity index (χ4v) is 4.81. The Kier molecular flexibility index (Phi) is 11.0. The summed E-state index contributed by atoms with van der Waals surface area (Å²) in [7, 11) is 0. The Labute approximate surface area is 216 Å². The minimum Gasteiger partial charge on any atom is -0.397 e. The summed E-state index contributed by atoms with van der Waals surface area (Å²) in [6.45, 7) is 5.12. The summed E-state index contributed by atoms with van der Waals surface area (Å²) in [4.78, 5) is 25.6. The Bertz CT molecular complexity index is 996. The molecule has 1 fully saturated rings. The van der Waals surface area contributed by atoms with Gasteiger partial charge in [0.2, 0.25) is 11.8 Å². The lowest BCUT2D eigenvalue weighted by Crippen LogP contribution is -2.43. The molecule has 194 valence electrons. The van der Waals surface area contributed by atoms with E-state index in [1.807, 2.05) is 36.4 Å². The summed E-state index contributed by atoms with van der Waals surface area (Å²) in [5.74, 6) is 0.421. The van der Waals surface area contributed by atoms with Crippen LogP contribution in [0.5, 0.6) is 0 Å². The van der Waals surface area contributed by atoms with E-state index in [4.69, 9.17) is 5.73 Å². The minimum atomic E-state index is -0.389. The quantitative estimate of drug-likeness (QED) is 0.222. The third-order valence-corrected chi connectivity index (χ3v) is 6.99. The molecular formula is C30H42N4O2. The van der Waals surface area contributed by atoms with Crippen molar-refractivity contribution in [2.24, 2.45) is 5.92 Å². The summed E-state index contributed by atoms with van der Waals surface area (Å²) in [5.41, 5.74) is 8.84. The molecule has 2 aromatic carbocycles. The van der Waals surface area contributed by atoms with Crippen LogP contribution in [0, 0.1) is 5.92 Å². The molecule has 0 spiro atoms. The first-order valence-electron chi connectivity index (χ1n) is 13.5. The van der Waals surface area contributed by atoms with Gasteiger partial charge >= 0.3 is 0 Å². The van der Waals surface area contributed by atoms with Crippen molar-refractivity contribution < 1.29 is 9.59 Å². The van der Waals surface area contributed by atoms with Crippen molar-refractivity contribution in [1.29, 1.82) is 0 Å². The second-order valence-corrected chi connectivity index (χ2v) is 9.82. The van der Waals surface area contributed by atoms with E-state index in [2.05, 4.69) is 29.8 Å². The summed E-state index contributed by atoms with van der Waals surface area (Å²) in [6.07, 6.45) is 12.6. The minimum absolute atomic E-state index is 0.0363. The summed E-state index contributed by atoms with van der Waals surface area (Å²) < 4.78 is 0. The van der Waals surface area contributed by atoms with Crippen LogP contribution in [-0.4, -0.2) is 24.4 Å². The third kappa shape index (κ3) is 8.52. The van der Waals surface area contributed by atoms with Crippen LogP contribution in [0.1, 0.15) is 82.4 Å². The predicted octanol–water partition coefficient (Wildman–Crippen LogP) is 5.83. The fraction of sp³-hybridized carbons (Fsp3) is 0.467. The largest absolute Gasteiger partial charge is 0.397 e. The average Bonchev–Trinajstić information content (AvgIpc) is 2.90. The molecule has 0 heterocycles.